The summed E-state index contributed by atoms with van der Waals surface area (Å²) in [4.78, 5) is 11.4. The summed E-state index contributed by atoms with van der Waals surface area (Å²) in [7, 11) is -1.45. The predicted octanol–water partition coefficient (Wildman–Crippen LogP) is 6.28. The van der Waals surface area contributed by atoms with Crippen LogP contribution in [0.3, 0.4) is 0 Å². The van der Waals surface area contributed by atoms with Gasteiger partial charge in [-0.05, 0) is 102 Å². The number of likely N-dealkylation sites (tertiary alicyclic amines) is 1. The fourth-order valence-corrected chi connectivity index (χ4v) is 5.04. The molecule has 0 amide bonds. The molecule has 198 valence electrons. The number of sulfonamides is 1. The summed E-state index contributed by atoms with van der Waals surface area (Å²) in [6.45, 7) is 9.07. The van der Waals surface area contributed by atoms with Crippen molar-refractivity contribution in [3.05, 3.63) is 64.8 Å². The molecule has 1 aromatic heterocycles. The van der Waals surface area contributed by atoms with Gasteiger partial charge in [-0.1, -0.05) is 23.7 Å². The smallest absolute Gasteiger partial charge is 0.237 e. The van der Waals surface area contributed by atoms with Gasteiger partial charge < -0.3 is 15.5 Å². The quantitative estimate of drug-likeness (QED) is 0.323. The van der Waals surface area contributed by atoms with Crippen LogP contribution < -0.4 is 15.4 Å². The van der Waals surface area contributed by atoms with Gasteiger partial charge in [0.1, 0.15) is 5.82 Å². The van der Waals surface area contributed by atoms with Gasteiger partial charge in [-0.15, -0.1) is 0 Å². The third-order valence-corrected chi connectivity index (χ3v) is 9.04. The van der Waals surface area contributed by atoms with Crippen LogP contribution in [0.1, 0.15) is 50.7 Å². The lowest BCUT2D eigenvalue weighted by atomic mass is 9.89. The zero-order valence-electron chi connectivity index (χ0n) is 22.0. The second kappa shape index (κ2) is 10.8. The first-order chi connectivity index (χ1) is 17.4. The van der Waals surface area contributed by atoms with Crippen molar-refractivity contribution in [3.8, 4) is 0 Å². The molecule has 0 radical (unpaired) electrons. The van der Waals surface area contributed by atoms with Crippen LogP contribution in [0.4, 0.5) is 28.8 Å². The number of halogens is 1. The Morgan fingerprint density at radius 2 is 1.65 bits per heavy atom. The van der Waals surface area contributed by atoms with E-state index in [1.165, 1.54) is 18.4 Å². The number of hydrogen-bond donors (Lipinski definition) is 3. The maximum atomic E-state index is 12.6. The first-order valence-electron chi connectivity index (χ1n) is 12.4. The fraction of sp³-hybridized carbons (Fsp3) is 0.407. The van der Waals surface area contributed by atoms with Gasteiger partial charge in [0.05, 0.1) is 15.5 Å². The van der Waals surface area contributed by atoms with Gasteiger partial charge in [0, 0.05) is 23.1 Å². The highest BCUT2D eigenvalue weighted by molar-refractivity contribution is 7.94. The Labute approximate surface area is 224 Å². The molecule has 0 bridgehead atoms. The largest absolute Gasteiger partial charge is 0.340 e. The molecule has 1 saturated heterocycles. The summed E-state index contributed by atoms with van der Waals surface area (Å²) in [5, 5.41) is 6.85. The van der Waals surface area contributed by atoms with E-state index in [0.717, 1.165) is 24.3 Å². The standard InChI is InChI=1S/C27H35ClN6O2S/c1-18-17-29-26(31-21-8-6-19(7-9-21)20-12-14-34(5)15-13-20)32-25(18)30-22-10-11-23(28)24(16-22)33-37(35,36)27(2,3)4/h6-11,16-17,20,33H,12-15H2,1-5H3,(H2,29,30,31,32). The van der Waals surface area contributed by atoms with Crippen LogP contribution in [0, 0.1) is 6.92 Å². The van der Waals surface area contributed by atoms with Crippen LogP contribution in [0.15, 0.2) is 48.7 Å². The van der Waals surface area contributed by atoms with E-state index in [4.69, 9.17) is 11.6 Å². The van der Waals surface area contributed by atoms with E-state index in [2.05, 4.69) is 61.5 Å². The zero-order chi connectivity index (χ0) is 26.8. The Morgan fingerprint density at radius 1 is 1.00 bits per heavy atom. The van der Waals surface area contributed by atoms with Crippen molar-refractivity contribution in [2.45, 2.75) is 51.2 Å². The van der Waals surface area contributed by atoms with Crippen LogP contribution in [0.2, 0.25) is 5.02 Å². The molecule has 0 aliphatic carbocycles. The normalized spacial score (nSPS) is 15.4. The van der Waals surface area contributed by atoms with E-state index in [9.17, 15) is 8.42 Å². The number of aromatic nitrogens is 2. The second-order valence-corrected chi connectivity index (χ2v) is 13.4. The predicted molar refractivity (Wildman–Crippen MR) is 153 cm³/mol. The highest BCUT2D eigenvalue weighted by atomic mass is 35.5. The van der Waals surface area contributed by atoms with E-state index < -0.39 is 14.8 Å². The van der Waals surface area contributed by atoms with Gasteiger partial charge >= 0.3 is 0 Å². The average molecular weight is 543 g/mol. The van der Waals surface area contributed by atoms with E-state index in [0.29, 0.717) is 34.1 Å². The minimum Gasteiger partial charge on any atom is -0.340 e. The number of aryl methyl sites for hydroxylation is 1. The summed E-state index contributed by atoms with van der Waals surface area (Å²) in [6.07, 6.45) is 4.11. The van der Waals surface area contributed by atoms with Crippen molar-refractivity contribution in [2.24, 2.45) is 0 Å². The molecule has 2 heterocycles. The van der Waals surface area contributed by atoms with Gasteiger partial charge in [0.25, 0.3) is 0 Å². The molecule has 10 heteroatoms. The molecule has 37 heavy (non-hydrogen) atoms. The topological polar surface area (TPSA) is 99.2 Å². The molecule has 0 unspecified atom stereocenters. The van der Waals surface area contributed by atoms with Crippen molar-refractivity contribution in [3.63, 3.8) is 0 Å². The maximum Gasteiger partial charge on any atom is 0.237 e. The lowest BCUT2D eigenvalue weighted by molar-refractivity contribution is 0.255. The van der Waals surface area contributed by atoms with Crippen molar-refractivity contribution < 1.29 is 8.42 Å². The molecule has 0 atom stereocenters. The van der Waals surface area contributed by atoms with Gasteiger partial charge in [-0.25, -0.2) is 13.4 Å². The summed E-state index contributed by atoms with van der Waals surface area (Å²) in [6, 6.07) is 13.6. The minimum absolute atomic E-state index is 0.302. The number of nitrogens with zero attached hydrogens (tertiary/aromatic N) is 3. The molecular formula is C27H35ClN6O2S. The summed E-state index contributed by atoms with van der Waals surface area (Å²) >= 11 is 6.28. The van der Waals surface area contributed by atoms with Crippen molar-refractivity contribution in [2.75, 3.05) is 35.5 Å². The van der Waals surface area contributed by atoms with Crippen LogP contribution in [0.5, 0.6) is 0 Å². The average Bonchev–Trinajstić information content (AvgIpc) is 2.83. The van der Waals surface area contributed by atoms with Gasteiger partial charge in [-0.2, -0.15) is 4.98 Å². The Bertz CT molecular complexity index is 1350. The molecule has 1 aliphatic rings. The third kappa shape index (κ3) is 6.71. The summed E-state index contributed by atoms with van der Waals surface area (Å²) in [5.41, 5.74) is 4.07. The third-order valence-electron chi connectivity index (χ3n) is 6.61. The van der Waals surface area contributed by atoms with E-state index >= 15 is 0 Å². The lowest BCUT2D eigenvalue weighted by Gasteiger charge is -2.29. The zero-order valence-corrected chi connectivity index (χ0v) is 23.5. The first-order valence-corrected chi connectivity index (χ1v) is 14.3. The van der Waals surface area contributed by atoms with E-state index in [1.54, 1.807) is 45.2 Å². The van der Waals surface area contributed by atoms with Gasteiger partial charge in [0.2, 0.25) is 16.0 Å². The highest BCUT2D eigenvalue weighted by Gasteiger charge is 2.29. The molecule has 1 fully saturated rings. The monoisotopic (exact) mass is 542 g/mol. The molecule has 8 nitrogen and oxygen atoms in total. The Balaban J connectivity index is 1.48. The summed E-state index contributed by atoms with van der Waals surface area (Å²) in [5.74, 6) is 1.67. The molecule has 2 aromatic carbocycles. The lowest BCUT2D eigenvalue weighted by Crippen LogP contribution is -2.33. The van der Waals surface area contributed by atoms with Crippen molar-refractivity contribution in [1.29, 1.82) is 0 Å². The number of rotatable bonds is 7. The van der Waals surface area contributed by atoms with Gasteiger partial charge in [-0.3, -0.25) is 4.72 Å². The molecule has 1 aliphatic heterocycles. The van der Waals surface area contributed by atoms with Crippen molar-refractivity contribution in [1.82, 2.24) is 14.9 Å². The number of anilines is 5. The molecule has 0 saturated carbocycles. The highest BCUT2D eigenvalue weighted by Crippen LogP contribution is 2.31. The Morgan fingerprint density at radius 3 is 2.30 bits per heavy atom. The SMILES string of the molecule is Cc1cnc(Nc2ccc(C3CCN(C)CC3)cc2)nc1Nc1ccc(Cl)c(NS(=O)(=O)C(C)(C)C)c1. The van der Waals surface area contributed by atoms with Crippen LogP contribution in [-0.4, -0.2) is 48.2 Å². The Kier molecular flexibility index (Phi) is 7.96. The van der Waals surface area contributed by atoms with Crippen LogP contribution in [-0.2, 0) is 10.0 Å². The van der Waals surface area contributed by atoms with Gasteiger partial charge in [0.15, 0.2) is 0 Å². The first kappa shape index (κ1) is 27.2. The van der Waals surface area contributed by atoms with E-state index in [1.807, 2.05) is 6.92 Å². The van der Waals surface area contributed by atoms with Crippen LogP contribution in [0.25, 0.3) is 0 Å². The number of piperidine rings is 1. The minimum atomic E-state index is -3.63. The summed E-state index contributed by atoms with van der Waals surface area (Å²) < 4.78 is 26.9. The molecule has 4 rings (SSSR count). The number of nitrogens with one attached hydrogen (secondary N) is 3. The van der Waals surface area contributed by atoms with Crippen LogP contribution >= 0.6 is 11.6 Å². The molecule has 0 spiro atoms. The molecule has 3 aromatic rings. The Hall–Kier alpha value is -2.88. The van der Waals surface area contributed by atoms with Crippen molar-refractivity contribution >= 4 is 50.5 Å². The fourth-order valence-electron chi connectivity index (χ4n) is 4.05. The number of benzene rings is 2. The maximum absolute atomic E-state index is 12.6. The van der Waals surface area contributed by atoms with E-state index in [-0.39, 0.29) is 0 Å². The number of hydrogen-bond acceptors (Lipinski definition) is 7. The molecule has 3 N–H and O–H groups in total. The molecular weight excluding hydrogens is 508 g/mol. The second-order valence-electron chi connectivity index (χ2n) is 10.6.